The molecule has 2 rings (SSSR count). The predicted octanol–water partition coefficient (Wildman–Crippen LogP) is 2.96. The number of rotatable bonds is 7. The van der Waals surface area contributed by atoms with E-state index in [2.05, 4.69) is 37.4 Å². The number of fused-ring (bicyclic) bond motifs is 1. The van der Waals surface area contributed by atoms with Gasteiger partial charge in [-0.2, -0.15) is 0 Å². The van der Waals surface area contributed by atoms with Gasteiger partial charge in [-0.05, 0) is 31.0 Å². The second-order valence-electron chi connectivity index (χ2n) is 5.02. The Bertz CT molecular complexity index is 381. The molecule has 1 aromatic rings. The maximum Gasteiger partial charge on any atom is 0.122 e. The van der Waals surface area contributed by atoms with Gasteiger partial charge in [-0.1, -0.05) is 32.0 Å². The Kier molecular flexibility index (Phi) is 5.67. The molecule has 0 saturated heterocycles. The van der Waals surface area contributed by atoms with Crippen LogP contribution in [0.25, 0.3) is 0 Å². The first-order chi connectivity index (χ1) is 9.36. The minimum atomic E-state index is 0.376. The van der Waals surface area contributed by atoms with Gasteiger partial charge < -0.3 is 14.8 Å². The molecule has 0 saturated carbocycles. The zero-order chi connectivity index (χ0) is 13.5. The van der Waals surface area contributed by atoms with Crippen molar-refractivity contribution in [2.45, 2.75) is 38.6 Å². The molecule has 1 heterocycles. The SMILES string of the molecule is CCCOCC(NCC)C1CCOc2ccccc21. The Morgan fingerprint density at radius 3 is 3.00 bits per heavy atom. The van der Waals surface area contributed by atoms with Gasteiger partial charge in [0.05, 0.1) is 13.2 Å². The minimum Gasteiger partial charge on any atom is -0.493 e. The monoisotopic (exact) mass is 263 g/mol. The first-order valence-electron chi connectivity index (χ1n) is 7.39. The fourth-order valence-electron chi connectivity index (χ4n) is 2.72. The molecule has 1 aliphatic heterocycles. The first-order valence-corrected chi connectivity index (χ1v) is 7.39. The minimum absolute atomic E-state index is 0.376. The summed E-state index contributed by atoms with van der Waals surface area (Å²) in [5.74, 6) is 1.53. The number of ether oxygens (including phenoxy) is 2. The summed E-state index contributed by atoms with van der Waals surface area (Å²) < 4.78 is 11.5. The molecule has 19 heavy (non-hydrogen) atoms. The standard InChI is InChI=1S/C16H25NO2/c1-3-10-18-12-15(17-4-2)13-9-11-19-16-8-6-5-7-14(13)16/h5-8,13,15,17H,3-4,9-12H2,1-2H3. The number of hydrogen-bond donors (Lipinski definition) is 1. The fourth-order valence-corrected chi connectivity index (χ4v) is 2.72. The highest BCUT2D eigenvalue weighted by molar-refractivity contribution is 5.38. The first kappa shape index (κ1) is 14.4. The van der Waals surface area contributed by atoms with E-state index in [0.717, 1.165) is 45.0 Å². The van der Waals surface area contributed by atoms with Crippen molar-refractivity contribution in [3.8, 4) is 5.75 Å². The molecule has 2 atom stereocenters. The lowest BCUT2D eigenvalue weighted by molar-refractivity contribution is 0.0973. The van der Waals surface area contributed by atoms with Gasteiger partial charge in [0.25, 0.3) is 0 Å². The van der Waals surface area contributed by atoms with Gasteiger partial charge in [0, 0.05) is 18.6 Å². The average molecular weight is 263 g/mol. The Morgan fingerprint density at radius 2 is 2.21 bits per heavy atom. The number of hydrogen-bond acceptors (Lipinski definition) is 3. The topological polar surface area (TPSA) is 30.5 Å². The highest BCUT2D eigenvalue weighted by Gasteiger charge is 2.28. The van der Waals surface area contributed by atoms with E-state index < -0.39 is 0 Å². The summed E-state index contributed by atoms with van der Waals surface area (Å²) in [5.41, 5.74) is 1.32. The Morgan fingerprint density at radius 1 is 1.37 bits per heavy atom. The van der Waals surface area contributed by atoms with Crippen molar-refractivity contribution in [3.05, 3.63) is 29.8 Å². The van der Waals surface area contributed by atoms with Crippen LogP contribution < -0.4 is 10.1 Å². The van der Waals surface area contributed by atoms with E-state index in [0.29, 0.717) is 12.0 Å². The van der Waals surface area contributed by atoms with E-state index >= 15 is 0 Å². The molecule has 0 amide bonds. The van der Waals surface area contributed by atoms with Crippen LogP contribution >= 0.6 is 0 Å². The summed E-state index contributed by atoms with van der Waals surface area (Å²) in [6.07, 6.45) is 2.13. The second kappa shape index (κ2) is 7.51. The van der Waals surface area contributed by atoms with E-state index in [1.807, 2.05) is 6.07 Å². The molecule has 1 aromatic carbocycles. The van der Waals surface area contributed by atoms with Crippen molar-refractivity contribution in [2.75, 3.05) is 26.4 Å². The molecule has 106 valence electrons. The third kappa shape index (κ3) is 3.71. The fraction of sp³-hybridized carbons (Fsp3) is 0.625. The van der Waals surface area contributed by atoms with Crippen LogP contribution in [0.4, 0.5) is 0 Å². The van der Waals surface area contributed by atoms with E-state index in [1.54, 1.807) is 0 Å². The van der Waals surface area contributed by atoms with Crippen LogP contribution in [0, 0.1) is 0 Å². The van der Waals surface area contributed by atoms with Gasteiger partial charge in [-0.25, -0.2) is 0 Å². The Hall–Kier alpha value is -1.06. The van der Waals surface area contributed by atoms with E-state index in [9.17, 15) is 0 Å². The van der Waals surface area contributed by atoms with Crippen molar-refractivity contribution in [1.29, 1.82) is 0 Å². The summed E-state index contributed by atoms with van der Waals surface area (Å²) >= 11 is 0. The van der Waals surface area contributed by atoms with Crippen molar-refractivity contribution in [2.24, 2.45) is 0 Å². The van der Waals surface area contributed by atoms with Gasteiger partial charge >= 0.3 is 0 Å². The molecule has 3 heteroatoms. The van der Waals surface area contributed by atoms with Gasteiger partial charge in [0.1, 0.15) is 5.75 Å². The molecule has 0 aliphatic carbocycles. The quantitative estimate of drug-likeness (QED) is 0.767. The Labute approximate surface area is 116 Å². The van der Waals surface area contributed by atoms with E-state index in [4.69, 9.17) is 9.47 Å². The lowest BCUT2D eigenvalue weighted by Crippen LogP contribution is -2.40. The lowest BCUT2D eigenvalue weighted by atomic mass is 9.87. The predicted molar refractivity (Wildman–Crippen MR) is 77.9 cm³/mol. The summed E-state index contributed by atoms with van der Waals surface area (Å²) in [7, 11) is 0. The molecule has 1 aliphatic rings. The van der Waals surface area contributed by atoms with Crippen molar-refractivity contribution >= 4 is 0 Å². The summed E-state index contributed by atoms with van der Waals surface area (Å²) in [6.45, 7) is 7.69. The highest BCUT2D eigenvalue weighted by Crippen LogP contribution is 2.35. The lowest BCUT2D eigenvalue weighted by Gasteiger charge is -2.32. The van der Waals surface area contributed by atoms with Crippen LogP contribution in [0.5, 0.6) is 5.75 Å². The van der Waals surface area contributed by atoms with Gasteiger partial charge in [-0.3, -0.25) is 0 Å². The van der Waals surface area contributed by atoms with Crippen LogP contribution in [0.1, 0.15) is 38.2 Å². The molecule has 2 unspecified atom stereocenters. The smallest absolute Gasteiger partial charge is 0.122 e. The molecule has 0 spiro atoms. The number of para-hydroxylation sites is 1. The maximum absolute atomic E-state index is 5.76. The summed E-state index contributed by atoms with van der Waals surface area (Å²) in [5, 5.41) is 3.57. The third-order valence-electron chi connectivity index (χ3n) is 3.60. The molecule has 0 aromatic heterocycles. The Balaban J connectivity index is 2.08. The number of nitrogens with one attached hydrogen (secondary N) is 1. The normalized spacial score (nSPS) is 19.6. The molecule has 1 N–H and O–H groups in total. The summed E-state index contributed by atoms with van der Waals surface area (Å²) in [4.78, 5) is 0. The van der Waals surface area contributed by atoms with Gasteiger partial charge in [0.15, 0.2) is 0 Å². The van der Waals surface area contributed by atoms with Crippen molar-refractivity contribution in [3.63, 3.8) is 0 Å². The van der Waals surface area contributed by atoms with Crippen molar-refractivity contribution in [1.82, 2.24) is 5.32 Å². The van der Waals surface area contributed by atoms with Crippen molar-refractivity contribution < 1.29 is 9.47 Å². The van der Waals surface area contributed by atoms with E-state index in [1.165, 1.54) is 5.56 Å². The van der Waals surface area contributed by atoms with E-state index in [-0.39, 0.29) is 0 Å². The molecule has 3 nitrogen and oxygen atoms in total. The van der Waals surface area contributed by atoms with Crippen LogP contribution in [-0.4, -0.2) is 32.4 Å². The largest absolute Gasteiger partial charge is 0.493 e. The van der Waals surface area contributed by atoms with Crippen LogP contribution in [0.3, 0.4) is 0 Å². The van der Waals surface area contributed by atoms with Crippen LogP contribution in [0.2, 0.25) is 0 Å². The van der Waals surface area contributed by atoms with Gasteiger partial charge in [-0.15, -0.1) is 0 Å². The van der Waals surface area contributed by atoms with Crippen LogP contribution in [0.15, 0.2) is 24.3 Å². The molecule has 0 fully saturated rings. The maximum atomic E-state index is 5.76. The van der Waals surface area contributed by atoms with Gasteiger partial charge in [0.2, 0.25) is 0 Å². The number of benzene rings is 1. The molecule has 0 bridgehead atoms. The molecular weight excluding hydrogens is 238 g/mol. The number of likely N-dealkylation sites (N-methyl/N-ethyl adjacent to an activating group) is 1. The summed E-state index contributed by atoms with van der Waals surface area (Å²) in [6, 6.07) is 8.76. The molecular formula is C16H25NO2. The molecule has 0 radical (unpaired) electrons. The zero-order valence-electron chi connectivity index (χ0n) is 12.0. The van der Waals surface area contributed by atoms with Crippen LogP contribution in [-0.2, 0) is 4.74 Å². The zero-order valence-corrected chi connectivity index (χ0v) is 12.0. The highest BCUT2D eigenvalue weighted by atomic mass is 16.5. The third-order valence-corrected chi connectivity index (χ3v) is 3.60. The second-order valence-corrected chi connectivity index (χ2v) is 5.02. The average Bonchev–Trinajstić information content (AvgIpc) is 2.46.